The van der Waals surface area contributed by atoms with Gasteiger partial charge in [-0.25, -0.2) is 0 Å². The zero-order valence-corrected chi connectivity index (χ0v) is 6.73. The minimum Gasteiger partial charge on any atom is -0.485 e. The highest BCUT2D eigenvalue weighted by Gasteiger charge is 2.21. The molecule has 1 rings (SSSR count). The Hall–Kier alpha value is -1.37. The molecule has 0 bridgehead atoms. The first-order valence-corrected chi connectivity index (χ1v) is 3.51. The van der Waals surface area contributed by atoms with E-state index in [1.807, 2.05) is 0 Å². The Bertz CT molecular complexity index is 319. The molecule has 1 heterocycles. The molecule has 1 aromatic rings. The van der Waals surface area contributed by atoms with E-state index in [1.165, 1.54) is 0 Å². The van der Waals surface area contributed by atoms with Crippen molar-refractivity contribution >= 4 is 0 Å². The van der Waals surface area contributed by atoms with E-state index in [4.69, 9.17) is 5.11 Å². The molecule has 3 nitrogen and oxygen atoms in total. The SMILES string of the molecule is OCCOc1c(F)c(F)nc(F)c1F. The highest BCUT2D eigenvalue weighted by Crippen LogP contribution is 2.24. The summed E-state index contributed by atoms with van der Waals surface area (Å²) in [6.45, 7) is -1.01. The summed E-state index contributed by atoms with van der Waals surface area (Å²) in [5.41, 5.74) is 0. The predicted molar refractivity (Wildman–Crippen MR) is 36.6 cm³/mol. The number of aliphatic hydroxyl groups excluding tert-OH is 1. The largest absolute Gasteiger partial charge is 0.485 e. The fraction of sp³-hybridized carbons (Fsp3) is 0.286. The van der Waals surface area contributed by atoms with E-state index >= 15 is 0 Å². The lowest BCUT2D eigenvalue weighted by Gasteiger charge is -2.06. The van der Waals surface area contributed by atoms with Crippen molar-refractivity contribution in [2.75, 3.05) is 13.2 Å². The summed E-state index contributed by atoms with van der Waals surface area (Å²) in [5, 5.41) is 8.27. The molecule has 7 heteroatoms. The maximum Gasteiger partial charge on any atom is 0.255 e. The summed E-state index contributed by atoms with van der Waals surface area (Å²) in [6.07, 6.45) is 0. The van der Waals surface area contributed by atoms with Crippen LogP contribution in [0.25, 0.3) is 0 Å². The van der Waals surface area contributed by atoms with Gasteiger partial charge in [0.05, 0.1) is 6.61 Å². The molecule has 0 saturated heterocycles. The van der Waals surface area contributed by atoms with Crippen molar-refractivity contribution in [2.45, 2.75) is 0 Å². The summed E-state index contributed by atoms with van der Waals surface area (Å²) < 4.78 is 54.5. The lowest BCUT2D eigenvalue weighted by Crippen LogP contribution is -2.09. The number of nitrogens with zero attached hydrogens (tertiary/aromatic N) is 1. The first-order chi connectivity index (χ1) is 6.57. The molecule has 0 amide bonds. The van der Waals surface area contributed by atoms with Crippen molar-refractivity contribution in [3.63, 3.8) is 0 Å². The third kappa shape index (κ3) is 1.92. The molecule has 0 aromatic carbocycles. The lowest BCUT2D eigenvalue weighted by atomic mass is 10.4. The van der Waals surface area contributed by atoms with Crippen LogP contribution in [0, 0.1) is 23.5 Å². The fourth-order valence-corrected chi connectivity index (χ4v) is 0.742. The van der Waals surface area contributed by atoms with Gasteiger partial charge in [0.1, 0.15) is 6.61 Å². The van der Waals surface area contributed by atoms with Crippen molar-refractivity contribution in [2.24, 2.45) is 0 Å². The number of hydrogen-bond acceptors (Lipinski definition) is 3. The summed E-state index contributed by atoms with van der Waals surface area (Å²) in [5.74, 6) is -8.26. The van der Waals surface area contributed by atoms with Gasteiger partial charge in [0, 0.05) is 0 Å². The number of pyridine rings is 1. The van der Waals surface area contributed by atoms with Crippen LogP contribution in [0.4, 0.5) is 17.6 Å². The number of aliphatic hydroxyl groups is 1. The number of aromatic nitrogens is 1. The van der Waals surface area contributed by atoms with E-state index in [-0.39, 0.29) is 0 Å². The quantitative estimate of drug-likeness (QED) is 0.599. The van der Waals surface area contributed by atoms with Crippen LogP contribution in [0.2, 0.25) is 0 Å². The van der Waals surface area contributed by atoms with Gasteiger partial charge in [-0.3, -0.25) is 0 Å². The van der Waals surface area contributed by atoms with Crippen molar-refractivity contribution < 1.29 is 27.4 Å². The summed E-state index contributed by atoms with van der Waals surface area (Å²) in [6, 6.07) is 0. The van der Waals surface area contributed by atoms with Crippen molar-refractivity contribution in [1.29, 1.82) is 0 Å². The fourth-order valence-electron chi connectivity index (χ4n) is 0.742. The van der Waals surface area contributed by atoms with Crippen LogP contribution >= 0.6 is 0 Å². The molecular formula is C7H5F4NO2. The number of ether oxygens (including phenoxy) is 1. The Morgan fingerprint density at radius 1 is 1.07 bits per heavy atom. The van der Waals surface area contributed by atoms with Gasteiger partial charge in [-0.2, -0.15) is 22.5 Å². The maximum atomic E-state index is 12.7. The van der Waals surface area contributed by atoms with Gasteiger partial charge in [-0.15, -0.1) is 0 Å². The first-order valence-electron chi connectivity index (χ1n) is 3.51. The number of rotatable bonds is 3. The van der Waals surface area contributed by atoms with Crippen LogP contribution in [-0.4, -0.2) is 23.3 Å². The molecule has 78 valence electrons. The van der Waals surface area contributed by atoms with Crippen molar-refractivity contribution in [3.05, 3.63) is 23.5 Å². The van der Waals surface area contributed by atoms with E-state index in [1.54, 1.807) is 0 Å². The minimum atomic E-state index is -1.79. The molecule has 0 unspecified atom stereocenters. The minimum absolute atomic E-state index is 0.475. The van der Waals surface area contributed by atoms with Crippen LogP contribution in [0.5, 0.6) is 5.75 Å². The van der Waals surface area contributed by atoms with Crippen LogP contribution in [0.15, 0.2) is 0 Å². The van der Waals surface area contributed by atoms with E-state index in [0.29, 0.717) is 0 Å². The molecule has 0 saturated carbocycles. The average Bonchev–Trinajstić information content (AvgIpc) is 2.15. The van der Waals surface area contributed by atoms with Gasteiger partial charge in [0.15, 0.2) is 0 Å². The average molecular weight is 211 g/mol. The Morgan fingerprint density at radius 3 is 2.00 bits per heavy atom. The molecule has 0 spiro atoms. The molecule has 14 heavy (non-hydrogen) atoms. The number of halogens is 4. The van der Waals surface area contributed by atoms with Crippen LogP contribution in [0.3, 0.4) is 0 Å². The zero-order chi connectivity index (χ0) is 10.7. The molecule has 0 radical (unpaired) electrons. The summed E-state index contributed by atoms with van der Waals surface area (Å²) >= 11 is 0. The highest BCUT2D eigenvalue weighted by atomic mass is 19.2. The third-order valence-corrected chi connectivity index (χ3v) is 1.29. The monoisotopic (exact) mass is 211 g/mol. The Balaban J connectivity index is 3.11. The molecule has 0 aliphatic carbocycles. The van der Waals surface area contributed by atoms with Crippen LogP contribution in [0.1, 0.15) is 0 Å². The topological polar surface area (TPSA) is 42.4 Å². The van der Waals surface area contributed by atoms with Gasteiger partial charge in [0.2, 0.25) is 17.4 Å². The summed E-state index contributed by atoms with van der Waals surface area (Å²) in [4.78, 5) is 2.32. The van der Waals surface area contributed by atoms with E-state index in [9.17, 15) is 17.6 Å². The molecule has 0 atom stereocenters. The second kappa shape index (κ2) is 4.23. The maximum absolute atomic E-state index is 12.7. The normalized spacial score (nSPS) is 10.4. The van der Waals surface area contributed by atoms with E-state index in [2.05, 4.69) is 9.72 Å². The smallest absolute Gasteiger partial charge is 0.255 e. The second-order valence-electron chi connectivity index (χ2n) is 2.22. The number of hydrogen-bond donors (Lipinski definition) is 1. The lowest BCUT2D eigenvalue weighted by molar-refractivity contribution is 0.185. The molecular weight excluding hydrogens is 206 g/mol. The van der Waals surface area contributed by atoms with Gasteiger partial charge in [-0.1, -0.05) is 0 Å². The van der Waals surface area contributed by atoms with E-state index < -0.39 is 42.5 Å². The first kappa shape index (κ1) is 10.7. The van der Waals surface area contributed by atoms with Crippen LogP contribution < -0.4 is 4.74 Å². The Kier molecular flexibility index (Phi) is 3.23. The van der Waals surface area contributed by atoms with E-state index in [0.717, 1.165) is 0 Å². The third-order valence-electron chi connectivity index (χ3n) is 1.29. The Morgan fingerprint density at radius 2 is 1.57 bits per heavy atom. The molecule has 0 aliphatic rings. The zero-order valence-electron chi connectivity index (χ0n) is 6.73. The van der Waals surface area contributed by atoms with Gasteiger partial charge < -0.3 is 9.84 Å². The molecule has 0 fully saturated rings. The Labute approximate surface area is 76.0 Å². The van der Waals surface area contributed by atoms with Crippen LogP contribution in [-0.2, 0) is 0 Å². The van der Waals surface area contributed by atoms with Gasteiger partial charge >= 0.3 is 0 Å². The standard InChI is InChI=1S/C7H5F4NO2/c8-3-5(14-2-1-13)4(9)7(11)12-6(3)10/h13H,1-2H2. The second-order valence-corrected chi connectivity index (χ2v) is 2.22. The van der Waals surface area contributed by atoms with Crippen molar-refractivity contribution in [1.82, 2.24) is 4.98 Å². The molecule has 1 aromatic heterocycles. The highest BCUT2D eigenvalue weighted by molar-refractivity contribution is 5.24. The molecule has 1 N–H and O–H groups in total. The van der Waals surface area contributed by atoms with Gasteiger partial charge in [0.25, 0.3) is 11.9 Å². The summed E-state index contributed by atoms with van der Waals surface area (Å²) in [7, 11) is 0. The molecule has 0 aliphatic heterocycles. The van der Waals surface area contributed by atoms with Gasteiger partial charge in [-0.05, 0) is 0 Å². The predicted octanol–water partition coefficient (Wildman–Crippen LogP) is 1.01. The van der Waals surface area contributed by atoms with Crippen molar-refractivity contribution in [3.8, 4) is 5.75 Å².